The molecule has 8 heteroatoms. The Morgan fingerprint density at radius 3 is 2.38 bits per heavy atom. The summed E-state index contributed by atoms with van der Waals surface area (Å²) in [4.78, 5) is 20.9. The maximum absolute atomic E-state index is 12.0. The van der Waals surface area contributed by atoms with Crippen molar-refractivity contribution in [2.24, 2.45) is 0 Å². The van der Waals surface area contributed by atoms with Gasteiger partial charge in [0.2, 0.25) is 5.95 Å². The maximum Gasteiger partial charge on any atom is 0.339 e. The number of aryl methyl sites for hydroxylation is 1. The Balaban J connectivity index is 1.87. The number of nitrogens with one attached hydrogen (secondary N) is 2. The molecule has 1 aromatic heterocycles. The zero-order chi connectivity index (χ0) is 20.8. The predicted molar refractivity (Wildman–Crippen MR) is 111 cm³/mol. The number of para-hydroxylation sites is 1. The fourth-order valence-corrected chi connectivity index (χ4v) is 2.75. The molecule has 1 heterocycles. The van der Waals surface area contributed by atoms with Crippen molar-refractivity contribution in [3.8, 4) is 11.5 Å². The number of hydrogen-bond acceptors (Lipinski definition) is 8. The summed E-state index contributed by atoms with van der Waals surface area (Å²) in [5.74, 6) is 1.73. The van der Waals surface area contributed by atoms with Crippen LogP contribution in [0.2, 0.25) is 0 Å². The van der Waals surface area contributed by atoms with Crippen LogP contribution in [0.1, 0.15) is 16.1 Å². The molecule has 0 atom stereocenters. The van der Waals surface area contributed by atoms with Crippen LogP contribution >= 0.6 is 0 Å². The monoisotopic (exact) mass is 394 g/mol. The lowest BCUT2D eigenvalue weighted by Crippen LogP contribution is -2.07. The quantitative estimate of drug-likeness (QED) is 0.579. The van der Waals surface area contributed by atoms with Crippen LogP contribution < -0.4 is 20.1 Å². The lowest BCUT2D eigenvalue weighted by atomic mass is 10.2. The number of methoxy groups -OCH3 is 3. The van der Waals surface area contributed by atoms with E-state index in [0.717, 1.165) is 11.4 Å². The highest BCUT2D eigenvalue weighted by molar-refractivity contribution is 5.96. The molecular formula is C21H22N4O4. The summed E-state index contributed by atoms with van der Waals surface area (Å²) in [5, 5.41) is 6.32. The summed E-state index contributed by atoms with van der Waals surface area (Å²) in [6, 6.07) is 14.3. The van der Waals surface area contributed by atoms with Crippen LogP contribution in [0.4, 0.5) is 23.1 Å². The van der Waals surface area contributed by atoms with E-state index < -0.39 is 5.97 Å². The molecule has 3 rings (SSSR count). The number of benzene rings is 2. The molecule has 3 aromatic rings. The molecular weight excluding hydrogens is 372 g/mol. The molecule has 0 aliphatic carbocycles. The lowest BCUT2D eigenvalue weighted by molar-refractivity contribution is 0.0602. The molecule has 0 aliphatic heterocycles. The van der Waals surface area contributed by atoms with Crippen LogP contribution in [0.15, 0.2) is 48.5 Å². The number of nitrogens with zero attached hydrogens (tertiary/aromatic N) is 2. The second-order valence-electron chi connectivity index (χ2n) is 6.08. The van der Waals surface area contributed by atoms with Crippen LogP contribution in [-0.2, 0) is 4.74 Å². The van der Waals surface area contributed by atoms with Gasteiger partial charge in [-0.3, -0.25) is 0 Å². The third-order valence-electron chi connectivity index (χ3n) is 4.09. The summed E-state index contributed by atoms with van der Waals surface area (Å²) in [6.45, 7) is 1.86. The molecule has 0 unspecified atom stereocenters. The average molecular weight is 394 g/mol. The highest BCUT2D eigenvalue weighted by Gasteiger charge is 2.13. The number of anilines is 4. The second kappa shape index (κ2) is 8.92. The van der Waals surface area contributed by atoms with Crippen LogP contribution in [0.5, 0.6) is 11.5 Å². The molecule has 0 saturated heterocycles. The van der Waals surface area contributed by atoms with E-state index in [-0.39, 0.29) is 0 Å². The third-order valence-corrected chi connectivity index (χ3v) is 4.09. The third kappa shape index (κ3) is 4.73. The number of esters is 1. The van der Waals surface area contributed by atoms with Gasteiger partial charge in [0.05, 0.1) is 32.6 Å². The zero-order valence-corrected chi connectivity index (χ0v) is 16.6. The zero-order valence-electron chi connectivity index (χ0n) is 16.6. The number of aromatic nitrogens is 2. The van der Waals surface area contributed by atoms with Gasteiger partial charge in [-0.1, -0.05) is 12.1 Å². The van der Waals surface area contributed by atoms with Gasteiger partial charge in [0, 0.05) is 23.5 Å². The van der Waals surface area contributed by atoms with Crippen molar-refractivity contribution in [3.63, 3.8) is 0 Å². The first-order valence-corrected chi connectivity index (χ1v) is 8.83. The van der Waals surface area contributed by atoms with E-state index in [4.69, 9.17) is 14.2 Å². The minimum absolute atomic E-state index is 0.398. The Labute approximate surface area is 168 Å². The number of hydrogen-bond donors (Lipinski definition) is 2. The van der Waals surface area contributed by atoms with Crippen molar-refractivity contribution >= 4 is 29.1 Å². The van der Waals surface area contributed by atoms with E-state index in [2.05, 4.69) is 20.6 Å². The Bertz CT molecular complexity index is 1020. The van der Waals surface area contributed by atoms with Gasteiger partial charge in [0.15, 0.2) is 11.5 Å². The molecule has 2 N–H and O–H groups in total. The lowest BCUT2D eigenvalue weighted by Gasteiger charge is -2.13. The molecule has 0 bridgehead atoms. The largest absolute Gasteiger partial charge is 0.493 e. The summed E-state index contributed by atoms with van der Waals surface area (Å²) < 4.78 is 15.4. The molecule has 0 radical (unpaired) electrons. The number of ether oxygens (including phenoxy) is 3. The van der Waals surface area contributed by atoms with Gasteiger partial charge in [0.1, 0.15) is 5.82 Å². The number of carbonyl (C=O) groups is 1. The Morgan fingerprint density at radius 2 is 1.66 bits per heavy atom. The first-order chi connectivity index (χ1) is 14.0. The van der Waals surface area contributed by atoms with Gasteiger partial charge >= 0.3 is 5.97 Å². The van der Waals surface area contributed by atoms with Crippen molar-refractivity contribution < 1.29 is 19.0 Å². The number of rotatable bonds is 7. The highest BCUT2D eigenvalue weighted by atomic mass is 16.5. The summed E-state index contributed by atoms with van der Waals surface area (Å²) >= 11 is 0. The Hall–Kier alpha value is -3.81. The first kappa shape index (κ1) is 19.9. The molecule has 0 spiro atoms. The van der Waals surface area contributed by atoms with Crippen LogP contribution in [0.25, 0.3) is 0 Å². The molecule has 8 nitrogen and oxygen atoms in total. The number of carbonyl (C=O) groups excluding carboxylic acids is 1. The summed E-state index contributed by atoms with van der Waals surface area (Å²) in [6.07, 6.45) is 0. The average Bonchev–Trinajstić information content (AvgIpc) is 2.73. The normalized spacial score (nSPS) is 10.2. The van der Waals surface area contributed by atoms with Crippen molar-refractivity contribution in [2.45, 2.75) is 6.92 Å². The fraction of sp³-hybridized carbons (Fsp3) is 0.190. The van der Waals surface area contributed by atoms with E-state index in [1.54, 1.807) is 50.6 Å². The summed E-state index contributed by atoms with van der Waals surface area (Å²) in [5.41, 5.74) is 2.50. The minimum Gasteiger partial charge on any atom is -0.493 e. The van der Waals surface area contributed by atoms with Gasteiger partial charge in [-0.05, 0) is 31.2 Å². The van der Waals surface area contributed by atoms with E-state index in [9.17, 15) is 4.79 Å². The van der Waals surface area contributed by atoms with Crippen molar-refractivity contribution in [2.75, 3.05) is 32.0 Å². The van der Waals surface area contributed by atoms with Crippen molar-refractivity contribution in [1.82, 2.24) is 9.97 Å². The first-order valence-electron chi connectivity index (χ1n) is 8.83. The van der Waals surface area contributed by atoms with Gasteiger partial charge in [-0.2, -0.15) is 4.98 Å². The standard InChI is InChI=1S/C21H22N4O4/c1-13-11-19(24-16-8-6-5-7-15(16)20(26)29-4)25-21(22-13)23-14-9-10-17(27-2)18(12-14)28-3/h5-12H,1-4H3,(H2,22,23,24,25). The molecule has 150 valence electrons. The van der Waals surface area contributed by atoms with Gasteiger partial charge < -0.3 is 24.8 Å². The second-order valence-corrected chi connectivity index (χ2v) is 6.08. The van der Waals surface area contributed by atoms with Gasteiger partial charge in [-0.15, -0.1) is 0 Å². The highest BCUT2D eigenvalue weighted by Crippen LogP contribution is 2.31. The molecule has 2 aromatic carbocycles. The topological polar surface area (TPSA) is 94.6 Å². The van der Waals surface area contributed by atoms with E-state index in [0.29, 0.717) is 34.5 Å². The molecule has 0 saturated carbocycles. The fourth-order valence-electron chi connectivity index (χ4n) is 2.75. The maximum atomic E-state index is 12.0. The summed E-state index contributed by atoms with van der Waals surface area (Å²) in [7, 11) is 4.50. The molecule has 0 fully saturated rings. The SMILES string of the molecule is COC(=O)c1ccccc1Nc1cc(C)nc(Nc2ccc(OC)c(OC)c2)n1. The minimum atomic E-state index is -0.428. The molecule has 0 aliphatic rings. The smallest absolute Gasteiger partial charge is 0.339 e. The molecule has 29 heavy (non-hydrogen) atoms. The van der Waals surface area contributed by atoms with E-state index in [1.807, 2.05) is 19.1 Å². The van der Waals surface area contributed by atoms with E-state index >= 15 is 0 Å². The predicted octanol–water partition coefficient (Wildman–Crippen LogP) is 4.08. The van der Waals surface area contributed by atoms with Gasteiger partial charge in [0.25, 0.3) is 0 Å². The van der Waals surface area contributed by atoms with Gasteiger partial charge in [-0.25, -0.2) is 9.78 Å². The van der Waals surface area contributed by atoms with Crippen molar-refractivity contribution in [1.29, 1.82) is 0 Å². The Kier molecular flexibility index (Phi) is 6.13. The van der Waals surface area contributed by atoms with Crippen LogP contribution in [0, 0.1) is 6.92 Å². The van der Waals surface area contributed by atoms with Crippen LogP contribution in [0.3, 0.4) is 0 Å². The Morgan fingerprint density at radius 1 is 0.897 bits per heavy atom. The van der Waals surface area contributed by atoms with E-state index in [1.165, 1.54) is 7.11 Å². The van der Waals surface area contributed by atoms with Crippen molar-refractivity contribution in [3.05, 3.63) is 59.8 Å². The van der Waals surface area contributed by atoms with Crippen LogP contribution in [-0.4, -0.2) is 37.3 Å². The molecule has 0 amide bonds.